The molecule has 10 heteroatoms. The molecule has 0 aliphatic rings. The van der Waals surface area contributed by atoms with E-state index in [0.29, 0.717) is 10.7 Å². The van der Waals surface area contributed by atoms with Crippen LogP contribution in [0.15, 0.2) is 24.4 Å². The van der Waals surface area contributed by atoms with Gasteiger partial charge >= 0.3 is 0 Å². The number of hydrogen-bond donors (Lipinski definition) is 2. The molecule has 1 heterocycles. The number of aromatic nitrogens is 3. The van der Waals surface area contributed by atoms with Crippen molar-refractivity contribution < 1.29 is 13.2 Å². The van der Waals surface area contributed by atoms with E-state index < -0.39 is 10.0 Å². The zero-order valence-electron chi connectivity index (χ0n) is 11.9. The maximum absolute atomic E-state index is 11.9. The van der Waals surface area contributed by atoms with Gasteiger partial charge in [0.1, 0.15) is 6.54 Å². The molecule has 2 N–H and O–H groups in total. The highest BCUT2D eigenvalue weighted by Gasteiger charge is 2.10. The fourth-order valence-corrected chi connectivity index (χ4v) is 2.30. The van der Waals surface area contributed by atoms with E-state index in [1.54, 1.807) is 18.2 Å². The van der Waals surface area contributed by atoms with Crippen molar-refractivity contribution in [2.24, 2.45) is 0 Å². The Hall–Kier alpha value is -2.13. The van der Waals surface area contributed by atoms with E-state index in [4.69, 9.17) is 11.6 Å². The first-order chi connectivity index (χ1) is 10.2. The zero-order valence-corrected chi connectivity index (χ0v) is 13.4. The molecular weight excluding hydrogens is 330 g/mol. The van der Waals surface area contributed by atoms with Crippen molar-refractivity contribution in [3.8, 4) is 0 Å². The predicted octanol–water partition coefficient (Wildman–Crippen LogP) is 1.25. The SMILES string of the molecule is Cc1ccc(Cl)cc1NC(=O)Cn1ncc(NS(C)(=O)=O)n1. The van der Waals surface area contributed by atoms with Gasteiger partial charge in [0.25, 0.3) is 0 Å². The fourth-order valence-electron chi connectivity index (χ4n) is 1.66. The highest BCUT2D eigenvalue weighted by Crippen LogP contribution is 2.20. The van der Waals surface area contributed by atoms with Gasteiger partial charge in [0.05, 0.1) is 12.5 Å². The number of nitrogens with zero attached hydrogens (tertiary/aromatic N) is 3. The Morgan fingerprint density at radius 3 is 2.82 bits per heavy atom. The number of rotatable bonds is 5. The van der Waals surface area contributed by atoms with Crippen LogP contribution in [0.3, 0.4) is 0 Å². The Bertz CT molecular complexity index is 803. The topological polar surface area (TPSA) is 106 Å². The van der Waals surface area contributed by atoms with E-state index in [0.717, 1.165) is 16.6 Å². The Morgan fingerprint density at radius 2 is 2.14 bits per heavy atom. The van der Waals surface area contributed by atoms with Gasteiger partial charge < -0.3 is 5.32 Å². The Morgan fingerprint density at radius 1 is 1.41 bits per heavy atom. The zero-order chi connectivity index (χ0) is 16.3. The minimum absolute atomic E-state index is 0.0502. The lowest BCUT2D eigenvalue weighted by Crippen LogP contribution is -2.21. The summed E-state index contributed by atoms with van der Waals surface area (Å²) in [6, 6.07) is 5.16. The van der Waals surface area contributed by atoms with Crippen LogP contribution in [0.2, 0.25) is 5.02 Å². The monoisotopic (exact) mass is 343 g/mol. The molecule has 0 spiro atoms. The fraction of sp³-hybridized carbons (Fsp3) is 0.250. The first-order valence-corrected chi connectivity index (χ1v) is 8.44. The van der Waals surface area contributed by atoms with Crippen LogP contribution in [0.4, 0.5) is 11.5 Å². The van der Waals surface area contributed by atoms with Gasteiger partial charge in [0.15, 0.2) is 5.82 Å². The number of anilines is 2. The molecule has 8 nitrogen and oxygen atoms in total. The molecule has 0 aliphatic heterocycles. The van der Waals surface area contributed by atoms with Crippen LogP contribution in [0.1, 0.15) is 5.56 Å². The summed E-state index contributed by atoms with van der Waals surface area (Å²) >= 11 is 5.88. The molecule has 1 amide bonds. The first kappa shape index (κ1) is 16.2. The van der Waals surface area contributed by atoms with Gasteiger partial charge in [-0.3, -0.25) is 9.52 Å². The van der Waals surface area contributed by atoms with Crippen molar-refractivity contribution in [1.82, 2.24) is 15.0 Å². The standard InChI is InChI=1S/C12H14ClN5O3S/c1-8-3-4-9(13)5-10(8)15-12(19)7-18-14-6-11(16-18)17-22(2,20)21/h3-6H,7H2,1-2H3,(H,15,19)(H,16,17). The molecule has 0 bridgehead atoms. The predicted molar refractivity (Wildman–Crippen MR) is 83.3 cm³/mol. The van der Waals surface area contributed by atoms with E-state index in [1.807, 2.05) is 6.92 Å². The van der Waals surface area contributed by atoms with Crippen LogP contribution in [-0.4, -0.2) is 35.6 Å². The highest BCUT2D eigenvalue weighted by molar-refractivity contribution is 7.92. The van der Waals surface area contributed by atoms with Gasteiger partial charge in [-0.25, -0.2) is 8.42 Å². The third-order valence-corrected chi connectivity index (χ3v) is 3.40. The maximum atomic E-state index is 11.9. The number of halogens is 1. The van der Waals surface area contributed by atoms with Crippen molar-refractivity contribution in [3.05, 3.63) is 35.0 Å². The van der Waals surface area contributed by atoms with Crippen LogP contribution in [-0.2, 0) is 21.4 Å². The largest absolute Gasteiger partial charge is 0.324 e. The second-order valence-corrected chi connectivity index (χ2v) is 6.83. The van der Waals surface area contributed by atoms with E-state index in [9.17, 15) is 13.2 Å². The van der Waals surface area contributed by atoms with Crippen LogP contribution in [0.5, 0.6) is 0 Å². The van der Waals surface area contributed by atoms with Crippen LogP contribution in [0, 0.1) is 6.92 Å². The molecule has 0 unspecified atom stereocenters. The van der Waals surface area contributed by atoms with Gasteiger partial charge in [-0.15, -0.1) is 5.10 Å². The van der Waals surface area contributed by atoms with Crippen LogP contribution >= 0.6 is 11.6 Å². The molecular formula is C12H14ClN5O3S. The number of hydrogen-bond acceptors (Lipinski definition) is 5. The van der Waals surface area contributed by atoms with Crippen molar-refractivity contribution in [2.45, 2.75) is 13.5 Å². The molecule has 0 saturated carbocycles. The molecule has 1 aromatic heterocycles. The third-order valence-electron chi connectivity index (χ3n) is 2.59. The molecule has 118 valence electrons. The normalized spacial score (nSPS) is 11.2. The van der Waals surface area contributed by atoms with Gasteiger partial charge in [-0.1, -0.05) is 17.7 Å². The van der Waals surface area contributed by atoms with E-state index in [1.165, 1.54) is 6.20 Å². The molecule has 1 aromatic carbocycles. The van der Waals surface area contributed by atoms with Crippen molar-refractivity contribution in [2.75, 3.05) is 16.3 Å². The second-order valence-electron chi connectivity index (χ2n) is 4.64. The smallest absolute Gasteiger partial charge is 0.247 e. The van der Waals surface area contributed by atoms with Crippen molar-refractivity contribution in [1.29, 1.82) is 0 Å². The molecule has 0 radical (unpaired) electrons. The molecule has 0 atom stereocenters. The quantitative estimate of drug-likeness (QED) is 0.849. The second kappa shape index (κ2) is 6.32. The summed E-state index contributed by atoms with van der Waals surface area (Å²) in [6.45, 7) is 1.68. The average Bonchev–Trinajstić information content (AvgIpc) is 2.78. The molecule has 0 fully saturated rings. The molecule has 2 aromatic rings. The number of nitrogens with one attached hydrogen (secondary N) is 2. The summed E-state index contributed by atoms with van der Waals surface area (Å²) in [5, 5.41) is 10.9. The summed E-state index contributed by atoms with van der Waals surface area (Å²) < 4.78 is 24.3. The Kier molecular flexibility index (Phi) is 4.67. The lowest BCUT2D eigenvalue weighted by molar-refractivity contribution is -0.117. The van der Waals surface area contributed by atoms with Crippen LogP contribution < -0.4 is 10.0 Å². The molecule has 22 heavy (non-hydrogen) atoms. The minimum atomic E-state index is -3.43. The van der Waals surface area contributed by atoms with Gasteiger partial charge in [0, 0.05) is 10.7 Å². The molecule has 2 rings (SSSR count). The minimum Gasteiger partial charge on any atom is -0.324 e. The van der Waals surface area contributed by atoms with Gasteiger partial charge in [-0.2, -0.15) is 9.90 Å². The van der Waals surface area contributed by atoms with Gasteiger partial charge in [-0.05, 0) is 24.6 Å². The van der Waals surface area contributed by atoms with Gasteiger partial charge in [0.2, 0.25) is 15.9 Å². The third kappa shape index (κ3) is 4.71. The number of amides is 1. The molecule has 0 saturated heterocycles. The number of benzene rings is 1. The average molecular weight is 344 g/mol. The van der Waals surface area contributed by atoms with Crippen molar-refractivity contribution in [3.63, 3.8) is 0 Å². The highest BCUT2D eigenvalue weighted by atomic mass is 35.5. The molecule has 0 aliphatic carbocycles. The van der Waals surface area contributed by atoms with Crippen molar-refractivity contribution >= 4 is 39.0 Å². The van der Waals surface area contributed by atoms with E-state index >= 15 is 0 Å². The number of sulfonamides is 1. The number of carbonyl (C=O) groups excluding carboxylic acids is 1. The summed E-state index contributed by atoms with van der Waals surface area (Å²) in [5.41, 5.74) is 1.46. The first-order valence-electron chi connectivity index (χ1n) is 6.17. The number of carbonyl (C=O) groups is 1. The maximum Gasteiger partial charge on any atom is 0.247 e. The summed E-state index contributed by atoms with van der Waals surface area (Å²) in [5.74, 6) is -0.305. The lowest BCUT2D eigenvalue weighted by atomic mass is 10.2. The van der Waals surface area contributed by atoms with Crippen LogP contribution in [0.25, 0.3) is 0 Å². The Balaban J connectivity index is 2.02. The van der Waals surface area contributed by atoms with E-state index in [2.05, 4.69) is 20.2 Å². The lowest BCUT2D eigenvalue weighted by Gasteiger charge is -2.08. The number of aryl methyl sites for hydroxylation is 1. The summed E-state index contributed by atoms with van der Waals surface area (Å²) in [6.07, 6.45) is 2.22. The summed E-state index contributed by atoms with van der Waals surface area (Å²) in [4.78, 5) is 13.0. The van der Waals surface area contributed by atoms with E-state index in [-0.39, 0.29) is 18.3 Å². The summed E-state index contributed by atoms with van der Waals surface area (Å²) in [7, 11) is -3.43. The Labute approximate surface area is 132 Å².